The van der Waals surface area contributed by atoms with E-state index >= 15 is 0 Å². The van der Waals surface area contributed by atoms with E-state index in [1.165, 1.54) is 5.57 Å². The summed E-state index contributed by atoms with van der Waals surface area (Å²) < 4.78 is 3.67. The summed E-state index contributed by atoms with van der Waals surface area (Å²) in [6, 6.07) is 8.08. The van der Waals surface area contributed by atoms with Crippen LogP contribution in [-0.4, -0.2) is 43.4 Å². The molecule has 1 aliphatic rings. The smallest absolute Gasteiger partial charge is 0.250 e. The third-order valence-corrected chi connectivity index (χ3v) is 6.30. The average Bonchev–Trinajstić information content (AvgIpc) is 3.55. The van der Waals surface area contributed by atoms with Crippen molar-refractivity contribution < 1.29 is 4.79 Å². The Morgan fingerprint density at radius 1 is 1.20 bits per heavy atom. The van der Waals surface area contributed by atoms with Crippen molar-refractivity contribution in [1.29, 1.82) is 5.26 Å². The zero-order valence-corrected chi connectivity index (χ0v) is 19.3. The van der Waals surface area contributed by atoms with Gasteiger partial charge in [-0.15, -0.1) is 0 Å². The molecule has 0 aromatic carbocycles. The van der Waals surface area contributed by atoms with Gasteiger partial charge in [-0.05, 0) is 37.1 Å². The molecule has 5 heterocycles. The number of aryl methyl sites for hydroxylation is 1. The van der Waals surface area contributed by atoms with Crippen LogP contribution in [0.15, 0.2) is 61.8 Å². The fraction of sp³-hybridized carbons (Fsp3) is 0.192. The Hall–Kier alpha value is -4.71. The van der Waals surface area contributed by atoms with Crippen molar-refractivity contribution in [3.8, 4) is 17.2 Å². The number of hydrogen-bond donors (Lipinski definition) is 1. The standard InChI is InChI=1S/C26H24N8O/c1-3-33-15-21(13-30-33)19-10-23(25-20(11-27)12-31-34(25)16-19)18-6-8-32(9-7-18)22-4-5-24(29-14-22)17(2)26(28)35/h4-6,10,12-16H,2-3,7-9H2,1H3,(H2,28,35). The summed E-state index contributed by atoms with van der Waals surface area (Å²) in [7, 11) is 0. The molecule has 4 aromatic heterocycles. The number of aromatic nitrogens is 5. The predicted molar refractivity (Wildman–Crippen MR) is 134 cm³/mol. The lowest BCUT2D eigenvalue weighted by molar-refractivity contribution is -0.112. The first-order valence-electron chi connectivity index (χ1n) is 11.3. The molecule has 0 radical (unpaired) electrons. The largest absolute Gasteiger partial charge is 0.366 e. The molecule has 35 heavy (non-hydrogen) atoms. The van der Waals surface area contributed by atoms with Crippen LogP contribution in [0.3, 0.4) is 0 Å². The number of primary amides is 1. The third kappa shape index (κ3) is 4.06. The number of fused-ring (bicyclic) bond motifs is 1. The van der Waals surface area contributed by atoms with Crippen LogP contribution < -0.4 is 10.6 Å². The van der Waals surface area contributed by atoms with Crippen molar-refractivity contribution in [2.24, 2.45) is 5.73 Å². The zero-order valence-electron chi connectivity index (χ0n) is 19.3. The second-order valence-corrected chi connectivity index (χ2v) is 8.36. The molecule has 0 atom stereocenters. The number of rotatable bonds is 6. The molecule has 0 aliphatic carbocycles. The first kappa shape index (κ1) is 22.1. The van der Waals surface area contributed by atoms with E-state index in [4.69, 9.17) is 5.73 Å². The molecule has 174 valence electrons. The van der Waals surface area contributed by atoms with Crippen molar-refractivity contribution in [2.45, 2.75) is 19.9 Å². The lowest BCUT2D eigenvalue weighted by atomic mass is 9.95. The molecule has 9 nitrogen and oxygen atoms in total. The molecule has 0 spiro atoms. The Morgan fingerprint density at radius 3 is 2.69 bits per heavy atom. The van der Waals surface area contributed by atoms with E-state index in [0.29, 0.717) is 17.8 Å². The van der Waals surface area contributed by atoms with E-state index in [0.717, 1.165) is 47.4 Å². The number of amides is 1. The van der Waals surface area contributed by atoms with E-state index in [2.05, 4.69) is 44.9 Å². The third-order valence-electron chi connectivity index (χ3n) is 6.30. The van der Waals surface area contributed by atoms with Gasteiger partial charge in [0.2, 0.25) is 5.91 Å². The topological polar surface area (TPSA) is 118 Å². The van der Waals surface area contributed by atoms with Gasteiger partial charge in [0.1, 0.15) is 6.07 Å². The first-order valence-corrected chi connectivity index (χ1v) is 11.3. The second kappa shape index (κ2) is 8.91. The maximum absolute atomic E-state index is 11.3. The van der Waals surface area contributed by atoms with Gasteiger partial charge in [-0.25, -0.2) is 4.52 Å². The number of nitriles is 1. The number of carbonyl (C=O) groups is 1. The van der Waals surface area contributed by atoms with E-state index in [9.17, 15) is 10.1 Å². The molecular weight excluding hydrogens is 440 g/mol. The lowest BCUT2D eigenvalue weighted by Crippen LogP contribution is -2.28. The summed E-state index contributed by atoms with van der Waals surface area (Å²) in [6.07, 6.45) is 12.1. The highest BCUT2D eigenvalue weighted by Crippen LogP contribution is 2.33. The highest BCUT2D eigenvalue weighted by atomic mass is 16.1. The van der Waals surface area contributed by atoms with Gasteiger partial charge in [0, 0.05) is 48.7 Å². The molecule has 0 saturated carbocycles. The Kier molecular flexibility index (Phi) is 5.63. The molecule has 1 aliphatic heterocycles. The Balaban J connectivity index is 1.47. The summed E-state index contributed by atoms with van der Waals surface area (Å²) in [5.74, 6) is -0.581. The lowest BCUT2D eigenvalue weighted by Gasteiger charge is -2.28. The number of anilines is 1. The van der Waals surface area contributed by atoms with Crippen LogP contribution in [0.5, 0.6) is 0 Å². The minimum absolute atomic E-state index is 0.194. The van der Waals surface area contributed by atoms with E-state index in [-0.39, 0.29) is 5.57 Å². The van der Waals surface area contributed by atoms with Gasteiger partial charge in [0.05, 0.1) is 46.6 Å². The van der Waals surface area contributed by atoms with E-state index in [1.807, 2.05) is 36.3 Å². The molecule has 0 fully saturated rings. The van der Waals surface area contributed by atoms with Crippen LogP contribution in [0.4, 0.5) is 5.69 Å². The molecular formula is C26H24N8O. The first-order chi connectivity index (χ1) is 17.0. The highest BCUT2D eigenvalue weighted by molar-refractivity contribution is 6.17. The summed E-state index contributed by atoms with van der Waals surface area (Å²) in [6.45, 7) is 8.00. The second-order valence-electron chi connectivity index (χ2n) is 8.36. The molecule has 2 N–H and O–H groups in total. The zero-order chi connectivity index (χ0) is 24.5. The number of carbonyl (C=O) groups excluding carboxylic acids is 1. The van der Waals surface area contributed by atoms with Crippen molar-refractivity contribution in [3.63, 3.8) is 0 Å². The highest BCUT2D eigenvalue weighted by Gasteiger charge is 2.20. The average molecular weight is 465 g/mol. The van der Waals surface area contributed by atoms with Crippen molar-refractivity contribution in [3.05, 3.63) is 78.7 Å². The Bertz CT molecular complexity index is 1520. The van der Waals surface area contributed by atoms with Gasteiger partial charge in [-0.2, -0.15) is 15.5 Å². The van der Waals surface area contributed by atoms with Crippen molar-refractivity contribution in [1.82, 2.24) is 24.4 Å². The monoisotopic (exact) mass is 464 g/mol. The van der Waals surface area contributed by atoms with Crippen LogP contribution in [0.1, 0.15) is 30.2 Å². The molecule has 0 bridgehead atoms. The number of nitrogens with zero attached hydrogens (tertiary/aromatic N) is 7. The minimum Gasteiger partial charge on any atom is -0.366 e. The van der Waals surface area contributed by atoms with Gasteiger partial charge >= 0.3 is 0 Å². The van der Waals surface area contributed by atoms with Crippen LogP contribution in [0.25, 0.3) is 27.8 Å². The maximum atomic E-state index is 11.3. The van der Waals surface area contributed by atoms with Gasteiger partial charge in [0.15, 0.2) is 0 Å². The molecule has 0 unspecified atom stereocenters. The fourth-order valence-electron chi connectivity index (χ4n) is 4.32. The van der Waals surface area contributed by atoms with E-state index < -0.39 is 5.91 Å². The fourth-order valence-corrected chi connectivity index (χ4v) is 4.32. The molecule has 1 amide bonds. The van der Waals surface area contributed by atoms with Gasteiger partial charge in [-0.3, -0.25) is 14.5 Å². The van der Waals surface area contributed by atoms with Crippen LogP contribution in [0.2, 0.25) is 0 Å². The van der Waals surface area contributed by atoms with Crippen molar-refractivity contribution >= 4 is 28.3 Å². The maximum Gasteiger partial charge on any atom is 0.250 e. The normalized spacial score (nSPS) is 13.5. The Morgan fingerprint density at radius 2 is 2.06 bits per heavy atom. The van der Waals surface area contributed by atoms with Crippen LogP contribution in [-0.2, 0) is 11.3 Å². The molecule has 0 saturated heterocycles. The van der Waals surface area contributed by atoms with Gasteiger partial charge in [0.25, 0.3) is 0 Å². The number of hydrogen-bond acceptors (Lipinski definition) is 6. The minimum atomic E-state index is -0.581. The summed E-state index contributed by atoms with van der Waals surface area (Å²) in [4.78, 5) is 17.9. The molecule has 4 aromatic rings. The molecule has 5 rings (SSSR count). The number of pyridine rings is 2. The van der Waals surface area contributed by atoms with Gasteiger partial charge in [-0.1, -0.05) is 12.7 Å². The quantitative estimate of drug-likeness (QED) is 0.438. The van der Waals surface area contributed by atoms with Gasteiger partial charge < -0.3 is 10.6 Å². The van der Waals surface area contributed by atoms with E-state index in [1.54, 1.807) is 23.0 Å². The van der Waals surface area contributed by atoms with Crippen molar-refractivity contribution in [2.75, 3.05) is 18.0 Å². The number of nitrogens with two attached hydrogens (primary N) is 1. The van der Waals surface area contributed by atoms with Crippen LogP contribution in [0, 0.1) is 11.3 Å². The summed E-state index contributed by atoms with van der Waals surface area (Å²) in [5, 5.41) is 18.5. The van der Waals surface area contributed by atoms with Crippen LogP contribution >= 0.6 is 0 Å². The Labute approximate surface area is 202 Å². The predicted octanol–water partition coefficient (Wildman–Crippen LogP) is 3.28. The summed E-state index contributed by atoms with van der Waals surface area (Å²) >= 11 is 0. The summed E-state index contributed by atoms with van der Waals surface area (Å²) in [5.41, 5.74) is 12.5. The molecule has 9 heteroatoms. The SMILES string of the molecule is C=C(C(N)=O)c1ccc(N2CC=C(c3cc(-c4cnn(CC)c4)cn4ncc(C#N)c34)CC2)cn1.